The third-order valence-corrected chi connectivity index (χ3v) is 4.65. The number of rotatable bonds is 6. The van der Waals surface area contributed by atoms with Crippen molar-refractivity contribution in [2.24, 2.45) is 5.92 Å². The molecule has 3 rings (SSSR count). The number of hydrogen-bond acceptors (Lipinski definition) is 6. The van der Waals surface area contributed by atoms with Crippen molar-refractivity contribution in [2.45, 2.75) is 52.6 Å². The Balaban J connectivity index is 1.59. The highest BCUT2D eigenvalue weighted by Crippen LogP contribution is 2.25. The first kappa shape index (κ1) is 17.4. The molecule has 8 nitrogen and oxygen atoms in total. The Bertz CT molecular complexity index is 743. The molecule has 0 aliphatic carbocycles. The normalized spacial score (nSPS) is 15.8. The molecule has 0 bridgehead atoms. The first-order valence-electron chi connectivity index (χ1n) is 9.04. The number of nitrogens with zero attached hydrogens (tertiary/aromatic N) is 5. The molecule has 0 radical (unpaired) electrons. The zero-order chi connectivity index (χ0) is 17.8. The van der Waals surface area contributed by atoms with Gasteiger partial charge in [-0.15, -0.1) is 0 Å². The van der Waals surface area contributed by atoms with Crippen LogP contribution in [0.5, 0.6) is 0 Å². The Hall–Kier alpha value is -2.38. The van der Waals surface area contributed by atoms with Gasteiger partial charge in [0.1, 0.15) is 23.8 Å². The van der Waals surface area contributed by atoms with E-state index < -0.39 is 0 Å². The zero-order valence-electron chi connectivity index (χ0n) is 15.2. The molecule has 2 aromatic heterocycles. The van der Waals surface area contributed by atoms with Gasteiger partial charge in [-0.3, -0.25) is 4.57 Å². The molecule has 0 amide bonds. The van der Waals surface area contributed by atoms with Crippen molar-refractivity contribution in [3.63, 3.8) is 0 Å². The lowest BCUT2D eigenvalue weighted by Crippen LogP contribution is -2.35. The van der Waals surface area contributed by atoms with Gasteiger partial charge in [0, 0.05) is 38.2 Å². The Morgan fingerprint density at radius 1 is 1.32 bits per heavy atom. The van der Waals surface area contributed by atoms with Crippen LogP contribution >= 0.6 is 0 Å². The van der Waals surface area contributed by atoms with Crippen molar-refractivity contribution in [1.82, 2.24) is 24.7 Å². The average molecular weight is 345 g/mol. The van der Waals surface area contributed by atoms with Crippen LogP contribution in [0, 0.1) is 5.92 Å². The van der Waals surface area contributed by atoms with E-state index in [1.807, 2.05) is 13.0 Å². The van der Waals surface area contributed by atoms with Crippen LogP contribution in [0.2, 0.25) is 0 Å². The molecule has 8 heteroatoms. The topological polar surface area (TPSA) is 91.7 Å². The van der Waals surface area contributed by atoms with Crippen molar-refractivity contribution >= 4 is 11.6 Å². The fourth-order valence-corrected chi connectivity index (χ4v) is 3.35. The number of nitrogens with one attached hydrogen (secondary N) is 2. The average Bonchev–Trinajstić information content (AvgIpc) is 2.95. The predicted molar refractivity (Wildman–Crippen MR) is 98.0 cm³/mol. The molecule has 0 atom stereocenters. The van der Waals surface area contributed by atoms with Gasteiger partial charge in [-0.1, -0.05) is 0 Å². The quantitative estimate of drug-likeness (QED) is 0.827. The standard InChI is InChI=1S/C17H27N7O/c1-4-24-16(21-22-17(24)25)9-13-5-7-23(8-6-13)15-10-14(18-11-19-15)20-12(2)3/h10-13H,4-9H2,1-3H3,(H,22,25)(H,18,19,20). The molecule has 1 saturated heterocycles. The van der Waals surface area contributed by atoms with E-state index in [1.54, 1.807) is 10.9 Å². The van der Waals surface area contributed by atoms with E-state index in [0.717, 1.165) is 49.8 Å². The molecule has 1 fully saturated rings. The van der Waals surface area contributed by atoms with Crippen LogP contribution in [0.4, 0.5) is 11.6 Å². The van der Waals surface area contributed by atoms with Gasteiger partial charge in [0.2, 0.25) is 0 Å². The lowest BCUT2D eigenvalue weighted by molar-refractivity contribution is 0.389. The fourth-order valence-electron chi connectivity index (χ4n) is 3.35. The lowest BCUT2D eigenvalue weighted by Gasteiger charge is -2.32. The van der Waals surface area contributed by atoms with Gasteiger partial charge in [-0.25, -0.2) is 19.9 Å². The van der Waals surface area contributed by atoms with Gasteiger partial charge < -0.3 is 10.2 Å². The summed E-state index contributed by atoms with van der Waals surface area (Å²) in [6, 6.07) is 2.36. The number of aromatic nitrogens is 5. The number of anilines is 2. The molecule has 1 aliphatic rings. The molecule has 0 aromatic carbocycles. The number of H-pyrrole nitrogens is 1. The van der Waals surface area contributed by atoms with Gasteiger partial charge in [0.15, 0.2) is 0 Å². The fraction of sp³-hybridized carbons (Fsp3) is 0.647. The summed E-state index contributed by atoms with van der Waals surface area (Å²) in [6.07, 6.45) is 4.61. The highest BCUT2D eigenvalue weighted by atomic mass is 16.1. The van der Waals surface area contributed by atoms with Gasteiger partial charge in [-0.2, -0.15) is 5.10 Å². The summed E-state index contributed by atoms with van der Waals surface area (Å²) in [4.78, 5) is 22.7. The zero-order valence-corrected chi connectivity index (χ0v) is 15.2. The van der Waals surface area contributed by atoms with E-state index in [4.69, 9.17) is 0 Å². The minimum atomic E-state index is -0.110. The van der Waals surface area contributed by atoms with Crippen molar-refractivity contribution in [3.05, 3.63) is 28.7 Å². The van der Waals surface area contributed by atoms with Crippen molar-refractivity contribution < 1.29 is 0 Å². The maximum absolute atomic E-state index is 11.7. The maximum Gasteiger partial charge on any atom is 0.343 e. The SMILES string of the molecule is CCn1c(CC2CCN(c3cc(NC(C)C)ncn3)CC2)n[nH]c1=O. The second kappa shape index (κ2) is 7.67. The van der Waals surface area contributed by atoms with Crippen LogP contribution < -0.4 is 15.9 Å². The summed E-state index contributed by atoms with van der Waals surface area (Å²) in [6.45, 7) is 8.75. The summed E-state index contributed by atoms with van der Waals surface area (Å²) in [5.41, 5.74) is -0.110. The van der Waals surface area contributed by atoms with E-state index in [-0.39, 0.29) is 5.69 Å². The Morgan fingerprint density at radius 2 is 2.08 bits per heavy atom. The molecule has 0 saturated carbocycles. The Labute approximate surface area is 147 Å². The summed E-state index contributed by atoms with van der Waals surface area (Å²) < 4.78 is 1.72. The largest absolute Gasteiger partial charge is 0.368 e. The van der Waals surface area contributed by atoms with Crippen molar-refractivity contribution in [1.29, 1.82) is 0 Å². The highest BCUT2D eigenvalue weighted by molar-refractivity contribution is 5.49. The first-order valence-corrected chi connectivity index (χ1v) is 9.04. The van der Waals surface area contributed by atoms with Crippen LogP contribution in [0.25, 0.3) is 0 Å². The second-order valence-corrected chi connectivity index (χ2v) is 6.88. The predicted octanol–water partition coefficient (Wildman–Crippen LogP) is 1.66. The maximum atomic E-state index is 11.7. The highest BCUT2D eigenvalue weighted by Gasteiger charge is 2.22. The summed E-state index contributed by atoms with van der Waals surface area (Å²) in [5.74, 6) is 3.26. The summed E-state index contributed by atoms with van der Waals surface area (Å²) >= 11 is 0. The molecular formula is C17H27N7O. The van der Waals surface area contributed by atoms with Crippen LogP contribution in [-0.2, 0) is 13.0 Å². The third-order valence-electron chi connectivity index (χ3n) is 4.65. The molecule has 1 aliphatic heterocycles. The number of piperidine rings is 1. The molecule has 25 heavy (non-hydrogen) atoms. The smallest absolute Gasteiger partial charge is 0.343 e. The van der Waals surface area contributed by atoms with Crippen LogP contribution in [0.15, 0.2) is 17.2 Å². The minimum Gasteiger partial charge on any atom is -0.368 e. The summed E-state index contributed by atoms with van der Waals surface area (Å²) in [5, 5.41) is 10.1. The van der Waals surface area contributed by atoms with Gasteiger partial charge in [-0.05, 0) is 39.5 Å². The minimum absolute atomic E-state index is 0.110. The number of aromatic amines is 1. The Morgan fingerprint density at radius 3 is 2.76 bits per heavy atom. The van der Waals surface area contributed by atoms with Gasteiger partial charge >= 0.3 is 5.69 Å². The molecule has 136 valence electrons. The molecule has 3 heterocycles. The third kappa shape index (κ3) is 4.18. The lowest BCUT2D eigenvalue weighted by atomic mass is 9.93. The monoisotopic (exact) mass is 345 g/mol. The van der Waals surface area contributed by atoms with E-state index in [2.05, 4.69) is 44.2 Å². The number of hydrogen-bond donors (Lipinski definition) is 2. The van der Waals surface area contributed by atoms with E-state index in [0.29, 0.717) is 18.5 Å². The molecule has 0 unspecified atom stereocenters. The van der Waals surface area contributed by atoms with Crippen LogP contribution in [0.3, 0.4) is 0 Å². The molecule has 0 spiro atoms. The van der Waals surface area contributed by atoms with Crippen LogP contribution in [0.1, 0.15) is 39.4 Å². The molecule has 2 aromatic rings. The van der Waals surface area contributed by atoms with E-state index in [1.165, 1.54) is 0 Å². The molecular weight excluding hydrogens is 318 g/mol. The van der Waals surface area contributed by atoms with E-state index in [9.17, 15) is 4.79 Å². The van der Waals surface area contributed by atoms with Gasteiger partial charge in [0.05, 0.1) is 0 Å². The van der Waals surface area contributed by atoms with Crippen molar-refractivity contribution in [3.8, 4) is 0 Å². The van der Waals surface area contributed by atoms with E-state index >= 15 is 0 Å². The van der Waals surface area contributed by atoms with Crippen molar-refractivity contribution in [2.75, 3.05) is 23.3 Å². The Kier molecular flexibility index (Phi) is 5.35. The molecule has 2 N–H and O–H groups in total. The summed E-state index contributed by atoms with van der Waals surface area (Å²) in [7, 11) is 0. The van der Waals surface area contributed by atoms with Crippen LogP contribution in [-0.4, -0.2) is 43.9 Å². The van der Waals surface area contributed by atoms with Gasteiger partial charge in [0.25, 0.3) is 0 Å². The first-order chi connectivity index (χ1) is 12.1. The second-order valence-electron chi connectivity index (χ2n) is 6.88.